The Hall–Kier alpha value is -1.78. The molecule has 0 aliphatic rings. The molecule has 0 atom stereocenters. The van der Waals surface area contributed by atoms with Gasteiger partial charge in [0.2, 0.25) is 5.91 Å². The van der Waals surface area contributed by atoms with Gasteiger partial charge in [-0.15, -0.1) is 0 Å². The van der Waals surface area contributed by atoms with E-state index in [-0.39, 0.29) is 18.2 Å². The van der Waals surface area contributed by atoms with Crippen LogP contribution in [0.5, 0.6) is 0 Å². The summed E-state index contributed by atoms with van der Waals surface area (Å²) in [4.78, 5) is 25.8. The third-order valence-corrected chi connectivity index (χ3v) is 2.59. The van der Waals surface area contributed by atoms with Crippen molar-refractivity contribution in [3.8, 4) is 0 Å². The predicted molar refractivity (Wildman–Crippen MR) is 65.3 cm³/mol. The summed E-state index contributed by atoms with van der Waals surface area (Å²) in [6, 6.07) is 3.26. The summed E-state index contributed by atoms with van der Waals surface area (Å²) >= 11 is 0. The molecule has 0 radical (unpaired) electrons. The molecule has 1 aromatic heterocycles. The number of carbonyl (C=O) groups excluding carboxylic acids is 2. The summed E-state index contributed by atoms with van der Waals surface area (Å²) in [7, 11) is 1.76. The lowest BCUT2D eigenvalue weighted by molar-refractivity contribution is -0.129. The molecule has 0 aromatic carbocycles. The number of furan rings is 1. The van der Waals surface area contributed by atoms with Gasteiger partial charge < -0.3 is 14.2 Å². The maximum atomic E-state index is 11.8. The van der Waals surface area contributed by atoms with E-state index in [0.717, 1.165) is 0 Å². The second-order valence-electron chi connectivity index (χ2n) is 3.72. The molecule has 1 heterocycles. The van der Waals surface area contributed by atoms with Crippen LogP contribution in [-0.2, 0) is 4.79 Å². The standard InChI is InChI=1S/C12H18N2O3/c1-4-14(5-2)11(16)8-13(3)12-7-6-10(9-15)17-12/h6-7,9H,4-5,8H2,1-3H3. The number of amides is 1. The molecule has 5 heteroatoms. The molecule has 0 N–H and O–H groups in total. The van der Waals surface area contributed by atoms with Crippen molar-refractivity contribution in [2.24, 2.45) is 0 Å². The highest BCUT2D eigenvalue weighted by Gasteiger charge is 2.14. The zero-order chi connectivity index (χ0) is 12.8. The van der Waals surface area contributed by atoms with Crippen molar-refractivity contribution in [3.05, 3.63) is 17.9 Å². The number of anilines is 1. The van der Waals surface area contributed by atoms with Crippen molar-refractivity contribution in [2.45, 2.75) is 13.8 Å². The fraction of sp³-hybridized carbons (Fsp3) is 0.500. The van der Waals surface area contributed by atoms with Gasteiger partial charge in [-0.25, -0.2) is 0 Å². The largest absolute Gasteiger partial charge is 0.438 e. The van der Waals surface area contributed by atoms with E-state index in [1.165, 1.54) is 0 Å². The Labute approximate surface area is 101 Å². The third kappa shape index (κ3) is 3.34. The van der Waals surface area contributed by atoms with E-state index in [1.54, 1.807) is 29.0 Å². The molecule has 0 saturated carbocycles. The minimum atomic E-state index is 0.0431. The molecule has 1 amide bonds. The van der Waals surface area contributed by atoms with Crippen LogP contribution in [0.2, 0.25) is 0 Å². The van der Waals surface area contributed by atoms with Crippen molar-refractivity contribution in [2.75, 3.05) is 31.6 Å². The van der Waals surface area contributed by atoms with Crippen LogP contribution in [0.15, 0.2) is 16.5 Å². The zero-order valence-corrected chi connectivity index (χ0v) is 10.5. The lowest BCUT2D eigenvalue weighted by Gasteiger charge is -2.22. The lowest BCUT2D eigenvalue weighted by Crippen LogP contribution is -2.38. The zero-order valence-electron chi connectivity index (χ0n) is 10.5. The number of hydrogen-bond donors (Lipinski definition) is 0. The first kappa shape index (κ1) is 13.3. The van der Waals surface area contributed by atoms with Gasteiger partial charge in [-0.3, -0.25) is 9.59 Å². The first-order chi connectivity index (χ1) is 8.12. The fourth-order valence-electron chi connectivity index (χ4n) is 1.57. The Kier molecular flexibility index (Phi) is 4.75. The Morgan fingerprint density at radius 2 is 2.00 bits per heavy atom. The molecule has 0 aliphatic carbocycles. The summed E-state index contributed by atoms with van der Waals surface area (Å²) in [5, 5.41) is 0. The Morgan fingerprint density at radius 3 is 2.47 bits per heavy atom. The minimum absolute atomic E-state index is 0.0431. The van der Waals surface area contributed by atoms with Crippen LogP contribution in [-0.4, -0.2) is 43.8 Å². The Bertz CT molecular complexity index is 383. The van der Waals surface area contributed by atoms with E-state index in [0.29, 0.717) is 25.3 Å². The van der Waals surface area contributed by atoms with Gasteiger partial charge in [-0.1, -0.05) is 0 Å². The first-order valence-electron chi connectivity index (χ1n) is 5.66. The average Bonchev–Trinajstić information content (AvgIpc) is 2.79. The van der Waals surface area contributed by atoms with Crippen LogP contribution < -0.4 is 4.90 Å². The van der Waals surface area contributed by atoms with Gasteiger partial charge in [0.1, 0.15) is 0 Å². The molecule has 0 bridgehead atoms. The number of aldehydes is 1. The highest BCUT2D eigenvalue weighted by atomic mass is 16.4. The number of hydrogen-bond acceptors (Lipinski definition) is 4. The minimum Gasteiger partial charge on any atom is -0.438 e. The molecule has 0 fully saturated rings. The van der Waals surface area contributed by atoms with Gasteiger partial charge >= 0.3 is 0 Å². The van der Waals surface area contributed by atoms with Crippen molar-refractivity contribution >= 4 is 18.1 Å². The molecule has 0 unspecified atom stereocenters. The Balaban J connectivity index is 2.62. The number of rotatable bonds is 6. The third-order valence-electron chi connectivity index (χ3n) is 2.59. The summed E-state index contributed by atoms with van der Waals surface area (Å²) in [5.41, 5.74) is 0. The van der Waals surface area contributed by atoms with Gasteiger partial charge in [-0.2, -0.15) is 0 Å². The van der Waals surface area contributed by atoms with Crippen molar-refractivity contribution in [1.82, 2.24) is 4.90 Å². The highest BCUT2D eigenvalue weighted by molar-refractivity contribution is 5.81. The number of nitrogens with zero attached hydrogens (tertiary/aromatic N) is 2. The van der Waals surface area contributed by atoms with E-state index < -0.39 is 0 Å². The van der Waals surface area contributed by atoms with Gasteiger partial charge in [0.05, 0.1) is 6.54 Å². The van der Waals surface area contributed by atoms with Crippen molar-refractivity contribution in [1.29, 1.82) is 0 Å². The van der Waals surface area contributed by atoms with Crippen LogP contribution in [0.4, 0.5) is 5.88 Å². The van der Waals surface area contributed by atoms with Crippen LogP contribution in [0, 0.1) is 0 Å². The summed E-state index contributed by atoms with van der Waals surface area (Å²) in [6.07, 6.45) is 0.642. The first-order valence-corrected chi connectivity index (χ1v) is 5.66. The molecule has 0 saturated heterocycles. The van der Waals surface area contributed by atoms with Crippen LogP contribution in [0.3, 0.4) is 0 Å². The fourth-order valence-corrected chi connectivity index (χ4v) is 1.57. The molecule has 1 rings (SSSR count). The maximum absolute atomic E-state index is 11.8. The SMILES string of the molecule is CCN(CC)C(=O)CN(C)c1ccc(C=O)o1. The second kappa shape index (κ2) is 6.08. The second-order valence-corrected chi connectivity index (χ2v) is 3.72. The summed E-state index contributed by atoms with van der Waals surface area (Å²) < 4.78 is 5.23. The summed E-state index contributed by atoms with van der Waals surface area (Å²) in [6.45, 7) is 5.52. The molecule has 0 aliphatic heterocycles. The van der Waals surface area contributed by atoms with Crippen molar-refractivity contribution < 1.29 is 14.0 Å². The quantitative estimate of drug-likeness (QED) is 0.703. The van der Waals surface area contributed by atoms with E-state index in [1.807, 2.05) is 13.8 Å². The molecule has 0 spiro atoms. The molecular formula is C12H18N2O3. The van der Waals surface area contributed by atoms with E-state index in [4.69, 9.17) is 4.42 Å². The van der Waals surface area contributed by atoms with Crippen LogP contribution in [0.1, 0.15) is 24.4 Å². The molecular weight excluding hydrogens is 220 g/mol. The molecule has 1 aromatic rings. The van der Waals surface area contributed by atoms with Gasteiger partial charge in [-0.05, 0) is 19.9 Å². The van der Waals surface area contributed by atoms with Crippen LogP contribution >= 0.6 is 0 Å². The number of carbonyl (C=O) groups is 2. The monoisotopic (exact) mass is 238 g/mol. The normalized spacial score (nSPS) is 10.1. The van der Waals surface area contributed by atoms with Gasteiger partial charge in [0.25, 0.3) is 0 Å². The van der Waals surface area contributed by atoms with E-state index in [2.05, 4.69) is 0 Å². The number of likely N-dealkylation sites (N-methyl/N-ethyl adjacent to an activating group) is 2. The van der Waals surface area contributed by atoms with Crippen molar-refractivity contribution in [3.63, 3.8) is 0 Å². The Morgan fingerprint density at radius 1 is 1.35 bits per heavy atom. The predicted octanol–water partition coefficient (Wildman–Crippen LogP) is 1.40. The maximum Gasteiger partial charge on any atom is 0.242 e. The summed E-state index contributed by atoms with van der Waals surface area (Å²) in [5.74, 6) is 0.830. The lowest BCUT2D eigenvalue weighted by atomic mass is 10.4. The highest BCUT2D eigenvalue weighted by Crippen LogP contribution is 2.15. The van der Waals surface area contributed by atoms with Gasteiger partial charge in [0.15, 0.2) is 17.9 Å². The molecule has 94 valence electrons. The molecule has 17 heavy (non-hydrogen) atoms. The average molecular weight is 238 g/mol. The topological polar surface area (TPSA) is 53.8 Å². The van der Waals surface area contributed by atoms with Crippen LogP contribution in [0.25, 0.3) is 0 Å². The molecule has 5 nitrogen and oxygen atoms in total. The van der Waals surface area contributed by atoms with E-state index >= 15 is 0 Å². The van der Waals surface area contributed by atoms with E-state index in [9.17, 15) is 9.59 Å². The smallest absolute Gasteiger partial charge is 0.242 e. The van der Waals surface area contributed by atoms with Gasteiger partial charge in [0, 0.05) is 26.2 Å².